The van der Waals surface area contributed by atoms with Crippen LogP contribution in [0.15, 0.2) is 36.4 Å². The first kappa shape index (κ1) is 15.4. The summed E-state index contributed by atoms with van der Waals surface area (Å²) >= 11 is 7.34. The third-order valence-electron chi connectivity index (χ3n) is 3.91. The Hall–Kier alpha value is -1.46. The number of thiocarbonyl (C=S) groups is 1. The van der Waals surface area contributed by atoms with E-state index in [2.05, 4.69) is 41.1 Å². The van der Waals surface area contributed by atoms with Gasteiger partial charge in [-0.25, -0.2) is 4.98 Å². The highest BCUT2D eigenvalue weighted by Gasteiger charge is 2.25. The Morgan fingerprint density at radius 1 is 1.50 bits per heavy atom. The summed E-state index contributed by atoms with van der Waals surface area (Å²) in [6, 6.07) is 8.37. The van der Waals surface area contributed by atoms with Crippen molar-refractivity contribution >= 4 is 38.9 Å². The fraction of sp³-hybridized carbons (Fsp3) is 0.412. The van der Waals surface area contributed by atoms with Gasteiger partial charge < -0.3 is 10.2 Å². The van der Waals surface area contributed by atoms with Crippen molar-refractivity contribution in [1.82, 2.24) is 15.2 Å². The highest BCUT2D eigenvalue weighted by Crippen LogP contribution is 2.32. The van der Waals surface area contributed by atoms with Crippen LogP contribution in [0.5, 0.6) is 0 Å². The second-order valence-electron chi connectivity index (χ2n) is 5.92. The maximum atomic E-state index is 5.52. The van der Waals surface area contributed by atoms with E-state index in [0.29, 0.717) is 5.92 Å². The molecule has 1 saturated heterocycles. The molecule has 0 spiro atoms. The second kappa shape index (κ2) is 6.75. The number of aromatic nitrogens is 1. The molecular weight excluding hydrogens is 310 g/mol. The zero-order chi connectivity index (χ0) is 15.5. The molecule has 2 heterocycles. The number of rotatable bonds is 3. The molecule has 0 radical (unpaired) electrons. The minimum absolute atomic E-state index is 0.482. The minimum Gasteiger partial charge on any atom is -0.359 e. The van der Waals surface area contributed by atoms with Gasteiger partial charge in [-0.3, -0.25) is 0 Å². The van der Waals surface area contributed by atoms with E-state index in [9.17, 15) is 0 Å². The molecular formula is C17H21N3S2. The van der Waals surface area contributed by atoms with Gasteiger partial charge in [0.25, 0.3) is 0 Å². The predicted molar refractivity (Wildman–Crippen MR) is 98.6 cm³/mol. The molecule has 0 aliphatic carbocycles. The number of nitrogens with zero attached hydrogens (tertiary/aromatic N) is 2. The largest absolute Gasteiger partial charge is 0.359 e. The molecule has 1 atom stereocenters. The summed E-state index contributed by atoms with van der Waals surface area (Å²) in [5, 5.41) is 5.38. The molecule has 1 aromatic carbocycles. The summed E-state index contributed by atoms with van der Waals surface area (Å²) in [6.07, 6.45) is 2.36. The number of thiazole rings is 1. The topological polar surface area (TPSA) is 28.2 Å². The lowest BCUT2D eigenvalue weighted by molar-refractivity contribution is 0.306. The van der Waals surface area contributed by atoms with Gasteiger partial charge in [0, 0.05) is 25.6 Å². The zero-order valence-corrected chi connectivity index (χ0v) is 14.5. The molecule has 1 aliphatic rings. The monoisotopic (exact) mass is 331 g/mol. The number of para-hydroxylation sites is 1. The molecule has 2 aromatic rings. The van der Waals surface area contributed by atoms with Crippen molar-refractivity contribution in [3.63, 3.8) is 0 Å². The van der Waals surface area contributed by atoms with Crippen molar-refractivity contribution in [3.8, 4) is 0 Å². The fourth-order valence-corrected chi connectivity index (χ4v) is 4.10. The molecule has 0 bridgehead atoms. The SMILES string of the molecule is C=C(C)CNC(=S)N1CCC[C@H](c2nc3ccccc3s2)C1. The molecule has 3 nitrogen and oxygen atoms in total. The number of piperidine rings is 1. The lowest BCUT2D eigenvalue weighted by atomic mass is 9.99. The van der Waals surface area contributed by atoms with Crippen LogP contribution in [-0.4, -0.2) is 34.6 Å². The third-order valence-corrected chi connectivity index (χ3v) is 5.51. The molecule has 0 saturated carbocycles. The highest BCUT2D eigenvalue weighted by molar-refractivity contribution is 7.80. The molecule has 5 heteroatoms. The number of hydrogen-bond donors (Lipinski definition) is 1. The zero-order valence-electron chi connectivity index (χ0n) is 12.8. The summed E-state index contributed by atoms with van der Waals surface area (Å²) in [7, 11) is 0. The Kier molecular flexibility index (Phi) is 4.74. The van der Waals surface area contributed by atoms with Crippen LogP contribution in [0.4, 0.5) is 0 Å². The van der Waals surface area contributed by atoms with E-state index in [1.165, 1.54) is 16.1 Å². The molecule has 22 heavy (non-hydrogen) atoms. The van der Waals surface area contributed by atoms with Crippen LogP contribution in [0.25, 0.3) is 10.2 Å². The minimum atomic E-state index is 0.482. The van der Waals surface area contributed by atoms with Crippen molar-refractivity contribution in [3.05, 3.63) is 41.4 Å². The summed E-state index contributed by atoms with van der Waals surface area (Å²) in [5.41, 5.74) is 2.21. The fourth-order valence-electron chi connectivity index (χ4n) is 2.77. The van der Waals surface area contributed by atoms with Crippen LogP contribution < -0.4 is 5.32 Å². The molecule has 116 valence electrons. The van der Waals surface area contributed by atoms with Gasteiger partial charge in [-0.1, -0.05) is 24.3 Å². The van der Waals surface area contributed by atoms with Gasteiger partial charge in [-0.15, -0.1) is 11.3 Å². The smallest absolute Gasteiger partial charge is 0.169 e. The summed E-state index contributed by atoms with van der Waals surface area (Å²) in [4.78, 5) is 7.09. The summed E-state index contributed by atoms with van der Waals surface area (Å²) in [6.45, 7) is 8.66. The average Bonchev–Trinajstić information content (AvgIpc) is 2.96. The van der Waals surface area contributed by atoms with E-state index in [-0.39, 0.29) is 0 Å². The third kappa shape index (κ3) is 3.47. The van der Waals surface area contributed by atoms with Crippen LogP contribution in [-0.2, 0) is 0 Å². The molecule has 0 unspecified atom stereocenters. The van der Waals surface area contributed by atoms with Crippen LogP contribution in [0.3, 0.4) is 0 Å². The Labute approximate surface area is 141 Å². The van der Waals surface area contributed by atoms with Crippen LogP contribution in [0.1, 0.15) is 30.7 Å². The maximum absolute atomic E-state index is 5.52. The number of benzene rings is 1. The molecule has 0 amide bonds. The second-order valence-corrected chi connectivity index (χ2v) is 7.37. The number of nitrogens with one attached hydrogen (secondary N) is 1. The number of likely N-dealkylation sites (tertiary alicyclic amines) is 1. The van der Waals surface area contributed by atoms with Crippen LogP contribution in [0.2, 0.25) is 0 Å². The normalized spacial score (nSPS) is 18.4. The molecule has 1 aromatic heterocycles. The van der Waals surface area contributed by atoms with Gasteiger partial charge in [0.2, 0.25) is 0 Å². The molecule has 1 fully saturated rings. The average molecular weight is 332 g/mol. The van der Waals surface area contributed by atoms with Gasteiger partial charge in [-0.05, 0) is 44.1 Å². The Morgan fingerprint density at radius 2 is 2.32 bits per heavy atom. The quantitative estimate of drug-likeness (QED) is 0.681. The Morgan fingerprint density at radius 3 is 3.09 bits per heavy atom. The van der Waals surface area contributed by atoms with Crippen LogP contribution in [0, 0.1) is 0 Å². The van der Waals surface area contributed by atoms with E-state index in [1.54, 1.807) is 0 Å². The molecule has 1 N–H and O–H groups in total. The van der Waals surface area contributed by atoms with Gasteiger partial charge in [0.15, 0.2) is 5.11 Å². The summed E-state index contributed by atoms with van der Waals surface area (Å²) in [5.74, 6) is 0.482. The molecule has 1 aliphatic heterocycles. The van der Waals surface area contributed by atoms with E-state index < -0.39 is 0 Å². The van der Waals surface area contributed by atoms with Gasteiger partial charge in [-0.2, -0.15) is 0 Å². The summed E-state index contributed by atoms with van der Waals surface area (Å²) < 4.78 is 1.28. The first-order valence-corrected chi connectivity index (χ1v) is 8.88. The van der Waals surface area contributed by atoms with E-state index in [0.717, 1.165) is 42.3 Å². The first-order chi connectivity index (χ1) is 10.6. The lowest BCUT2D eigenvalue weighted by Crippen LogP contribution is -2.45. The van der Waals surface area contributed by atoms with Crippen molar-refractivity contribution in [1.29, 1.82) is 0 Å². The van der Waals surface area contributed by atoms with Gasteiger partial charge in [0.05, 0.1) is 15.2 Å². The first-order valence-electron chi connectivity index (χ1n) is 7.66. The van der Waals surface area contributed by atoms with Crippen LogP contribution >= 0.6 is 23.6 Å². The van der Waals surface area contributed by atoms with E-state index in [1.807, 2.05) is 18.3 Å². The Balaban J connectivity index is 1.69. The standard InChI is InChI=1S/C17H21N3S2/c1-12(2)10-18-17(21)20-9-5-6-13(11-20)16-19-14-7-3-4-8-15(14)22-16/h3-4,7-8,13H,1,5-6,9-11H2,2H3,(H,18,21)/t13-/m0/s1. The van der Waals surface area contributed by atoms with Crippen molar-refractivity contribution < 1.29 is 0 Å². The van der Waals surface area contributed by atoms with Crippen molar-refractivity contribution in [2.24, 2.45) is 0 Å². The Bertz CT molecular complexity index is 659. The predicted octanol–water partition coefficient (Wildman–Crippen LogP) is 3.93. The highest BCUT2D eigenvalue weighted by atomic mass is 32.1. The number of hydrogen-bond acceptors (Lipinski definition) is 3. The van der Waals surface area contributed by atoms with E-state index in [4.69, 9.17) is 17.2 Å². The maximum Gasteiger partial charge on any atom is 0.169 e. The number of fused-ring (bicyclic) bond motifs is 1. The van der Waals surface area contributed by atoms with Crippen molar-refractivity contribution in [2.75, 3.05) is 19.6 Å². The lowest BCUT2D eigenvalue weighted by Gasteiger charge is -2.33. The van der Waals surface area contributed by atoms with Crippen molar-refractivity contribution in [2.45, 2.75) is 25.7 Å². The molecule has 3 rings (SSSR count). The van der Waals surface area contributed by atoms with Gasteiger partial charge in [0.1, 0.15) is 0 Å². The van der Waals surface area contributed by atoms with E-state index >= 15 is 0 Å². The van der Waals surface area contributed by atoms with Gasteiger partial charge >= 0.3 is 0 Å².